The Morgan fingerprint density at radius 1 is 0.944 bits per heavy atom. The highest BCUT2D eigenvalue weighted by molar-refractivity contribution is 9.08. The summed E-state index contributed by atoms with van der Waals surface area (Å²) in [6, 6.07) is 2.19. The molecule has 0 saturated carbocycles. The van der Waals surface area contributed by atoms with Gasteiger partial charge in [-0.05, 0) is 34.4 Å². The Kier molecular flexibility index (Phi) is 5.27. The van der Waals surface area contributed by atoms with E-state index >= 15 is 0 Å². The number of phenolic OH excluding ortho intramolecular Hbond substituents is 1. The molecule has 0 fully saturated rings. The van der Waals surface area contributed by atoms with E-state index in [1.54, 1.807) is 0 Å². The highest BCUT2D eigenvalue weighted by atomic mass is 79.9. The molecule has 0 saturated heterocycles. The maximum Gasteiger partial charge on any atom is 0.122 e. The first-order valence-corrected chi connectivity index (χ1v) is 7.87. The van der Waals surface area contributed by atoms with Gasteiger partial charge in [-0.25, -0.2) is 0 Å². The zero-order valence-corrected chi connectivity index (χ0v) is 13.9. The molecule has 0 aliphatic carbocycles. The second kappa shape index (κ2) is 6.10. The Labute approximate surface area is 120 Å². The molecule has 18 heavy (non-hydrogen) atoms. The van der Waals surface area contributed by atoms with Crippen LogP contribution in [-0.4, -0.2) is 5.11 Å². The Bertz CT molecular complexity index is 420. The van der Waals surface area contributed by atoms with Crippen molar-refractivity contribution in [2.75, 3.05) is 0 Å². The van der Waals surface area contributed by atoms with Crippen molar-refractivity contribution in [3.63, 3.8) is 0 Å². The van der Waals surface area contributed by atoms with Gasteiger partial charge in [-0.15, -0.1) is 0 Å². The van der Waals surface area contributed by atoms with E-state index in [4.69, 9.17) is 0 Å². The fraction of sp³-hybridized carbons (Fsp3) is 0.625. The minimum Gasteiger partial charge on any atom is -0.507 e. The van der Waals surface area contributed by atoms with E-state index in [1.807, 2.05) is 0 Å². The van der Waals surface area contributed by atoms with E-state index in [1.165, 1.54) is 11.1 Å². The molecule has 0 aliphatic rings. The Morgan fingerprint density at radius 3 is 1.78 bits per heavy atom. The molecule has 1 nitrogen and oxygen atoms in total. The van der Waals surface area contributed by atoms with Gasteiger partial charge in [0.25, 0.3) is 0 Å². The van der Waals surface area contributed by atoms with Crippen molar-refractivity contribution in [1.29, 1.82) is 0 Å². The third kappa shape index (κ3) is 2.90. The Balaban J connectivity index is 3.64. The van der Waals surface area contributed by atoms with Gasteiger partial charge >= 0.3 is 0 Å². The SMILES string of the molecule is CC(C)c1cc(C(C)C)c(CBr)c(C(C)C)c1O. The second-order valence-corrected chi connectivity index (χ2v) is 6.45. The summed E-state index contributed by atoms with van der Waals surface area (Å²) in [6.07, 6.45) is 0. The van der Waals surface area contributed by atoms with E-state index in [2.05, 4.69) is 63.5 Å². The number of benzene rings is 1. The molecule has 1 N–H and O–H groups in total. The zero-order chi connectivity index (χ0) is 14.0. The van der Waals surface area contributed by atoms with E-state index < -0.39 is 0 Å². The molecule has 0 radical (unpaired) electrons. The average Bonchev–Trinajstić information content (AvgIpc) is 2.26. The van der Waals surface area contributed by atoms with Crippen molar-refractivity contribution in [2.24, 2.45) is 0 Å². The summed E-state index contributed by atoms with van der Waals surface area (Å²) in [5.74, 6) is 1.67. The maximum absolute atomic E-state index is 10.5. The number of halogens is 1. The molecule has 1 rings (SSSR count). The van der Waals surface area contributed by atoms with E-state index in [-0.39, 0.29) is 0 Å². The van der Waals surface area contributed by atoms with Crippen LogP contribution in [-0.2, 0) is 5.33 Å². The lowest BCUT2D eigenvalue weighted by Crippen LogP contribution is -2.06. The average molecular weight is 313 g/mol. The van der Waals surface area contributed by atoms with Crippen LogP contribution in [0.2, 0.25) is 0 Å². The van der Waals surface area contributed by atoms with Crippen LogP contribution < -0.4 is 0 Å². The molecule has 0 aliphatic heterocycles. The van der Waals surface area contributed by atoms with Crippen LogP contribution in [0.3, 0.4) is 0 Å². The zero-order valence-electron chi connectivity index (χ0n) is 12.3. The maximum atomic E-state index is 10.5. The highest BCUT2D eigenvalue weighted by Gasteiger charge is 2.21. The number of phenols is 1. The third-order valence-corrected chi connectivity index (χ3v) is 4.03. The molecule has 0 amide bonds. The predicted octanol–water partition coefficient (Wildman–Crippen LogP) is 5.66. The van der Waals surface area contributed by atoms with E-state index in [0.29, 0.717) is 23.5 Å². The summed E-state index contributed by atoms with van der Waals surface area (Å²) >= 11 is 3.58. The fourth-order valence-electron chi connectivity index (χ4n) is 2.50. The predicted molar refractivity (Wildman–Crippen MR) is 83.0 cm³/mol. The van der Waals surface area contributed by atoms with Crippen LogP contribution in [0.25, 0.3) is 0 Å². The van der Waals surface area contributed by atoms with Crippen LogP contribution in [0.4, 0.5) is 0 Å². The van der Waals surface area contributed by atoms with Gasteiger partial charge in [0.15, 0.2) is 0 Å². The first-order chi connectivity index (χ1) is 8.31. The standard InChI is InChI=1S/C16H25BrO/c1-9(2)12-7-13(10(3)4)16(18)15(11(5)6)14(12)8-17/h7,9-11,18H,8H2,1-6H3. The van der Waals surface area contributed by atoms with Crippen molar-refractivity contribution >= 4 is 15.9 Å². The lowest BCUT2D eigenvalue weighted by Gasteiger charge is -2.23. The summed E-state index contributed by atoms with van der Waals surface area (Å²) in [7, 11) is 0. The molecule has 1 aromatic rings. The van der Waals surface area contributed by atoms with Crippen molar-refractivity contribution < 1.29 is 5.11 Å². The summed E-state index contributed by atoms with van der Waals surface area (Å²) in [5, 5.41) is 11.3. The molecule has 0 heterocycles. The van der Waals surface area contributed by atoms with Crippen LogP contribution in [0.1, 0.15) is 81.5 Å². The van der Waals surface area contributed by atoms with Gasteiger partial charge in [0.2, 0.25) is 0 Å². The first-order valence-electron chi connectivity index (χ1n) is 6.75. The van der Waals surface area contributed by atoms with Gasteiger partial charge in [0, 0.05) is 10.9 Å². The van der Waals surface area contributed by atoms with Gasteiger partial charge in [-0.3, -0.25) is 0 Å². The number of hydrogen-bond acceptors (Lipinski definition) is 1. The van der Waals surface area contributed by atoms with Crippen molar-refractivity contribution in [3.8, 4) is 5.75 Å². The van der Waals surface area contributed by atoms with Crippen LogP contribution in [0.5, 0.6) is 5.75 Å². The molecular formula is C16H25BrO. The molecule has 1 aromatic carbocycles. The lowest BCUT2D eigenvalue weighted by molar-refractivity contribution is 0.453. The monoisotopic (exact) mass is 312 g/mol. The van der Waals surface area contributed by atoms with Gasteiger partial charge in [0.1, 0.15) is 5.75 Å². The van der Waals surface area contributed by atoms with Crippen molar-refractivity contribution in [2.45, 2.75) is 64.6 Å². The van der Waals surface area contributed by atoms with Gasteiger partial charge in [0.05, 0.1) is 0 Å². The van der Waals surface area contributed by atoms with Crippen LogP contribution >= 0.6 is 15.9 Å². The summed E-state index contributed by atoms with van der Waals surface area (Å²) in [5.41, 5.74) is 4.81. The van der Waals surface area contributed by atoms with E-state index in [0.717, 1.165) is 16.5 Å². The minimum absolute atomic E-state index is 0.341. The Hall–Kier alpha value is -0.500. The second-order valence-electron chi connectivity index (χ2n) is 5.89. The number of aromatic hydroxyl groups is 1. The molecule has 0 bridgehead atoms. The van der Waals surface area contributed by atoms with Gasteiger partial charge in [-0.2, -0.15) is 0 Å². The smallest absolute Gasteiger partial charge is 0.122 e. The first kappa shape index (κ1) is 15.6. The topological polar surface area (TPSA) is 20.2 Å². The van der Waals surface area contributed by atoms with E-state index in [9.17, 15) is 5.11 Å². The summed E-state index contributed by atoms with van der Waals surface area (Å²) < 4.78 is 0. The largest absolute Gasteiger partial charge is 0.507 e. The quantitative estimate of drug-likeness (QED) is 0.711. The Morgan fingerprint density at radius 2 is 1.44 bits per heavy atom. The molecule has 102 valence electrons. The van der Waals surface area contributed by atoms with Crippen molar-refractivity contribution in [1.82, 2.24) is 0 Å². The number of hydrogen-bond donors (Lipinski definition) is 1. The highest BCUT2D eigenvalue weighted by Crippen LogP contribution is 2.40. The van der Waals surface area contributed by atoms with Gasteiger partial charge < -0.3 is 5.11 Å². The summed E-state index contributed by atoms with van der Waals surface area (Å²) in [4.78, 5) is 0. The molecular weight excluding hydrogens is 288 g/mol. The normalized spacial score (nSPS) is 11.9. The fourth-order valence-corrected chi connectivity index (χ4v) is 3.13. The molecule has 0 unspecified atom stereocenters. The van der Waals surface area contributed by atoms with Crippen molar-refractivity contribution in [3.05, 3.63) is 28.3 Å². The molecule has 0 atom stereocenters. The third-order valence-electron chi connectivity index (χ3n) is 3.47. The van der Waals surface area contributed by atoms with Gasteiger partial charge in [-0.1, -0.05) is 63.5 Å². The number of rotatable bonds is 4. The molecule has 2 heteroatoms. The van der Waals surface area contributed by atoms with Crippen LogP contribution in [0, 0.1) is 0 Å². The molecule has 0 spiro atoms. The summed E-state index contributed by atoms with van der Waals surface area (Å²) in [6.45, 7) is 13.0. The lowest BCUT2D eigenvalue weighted by atomic mass is 9.84. The molecule has 0 aromatic heterocycles. The minimum atomic E-state index is 0.341. The number of alkyl halides is 1. The van der Waals surface area contributed by atoms with Crippen LogP contribution in [0.15, 0.2) is 6.07 Å².